The van der Waals surface area contributed by atoms with Crippen LogP contribution in [0.5, 0.6) is 5.75 Å². The molecule has 0 unspecified atom stereocenters. The average molecular weight is 526 g/mol. The van der Waals surface area contributed by atoms with Crippen LogP contribution in [0.15, 0.2) is 29.2 Å². The van der Waals surface area contributed by atoms with Gasteiger partial charge < -0.3 is 19.7 Å². The fraction of sp³-hybridized carbons (Fsp3) is 0.560. The first-order valence-electron chi connectivity index (χ1n) is 13.1. The number of aromatic nitrogens is 6. The number of halogens is 1. The monoisotopic (exact) mass is 525 g/mol. The third-order valence-electron chi connectivity index (χ3n) is 7.68. The standard InChI is InChI=1S/C25H32FN9O3/c1-32(19-7-5-11-34-10-4-3-6-20(19)34)23-18(26)13-27-24(29-23)28-16-8-9-22(38-17-14-37-15-17)21(12-16)35-25(36)33(2)30-31-35/h8-9,12-13,17,19-20H,3-7,10-11,14-15H2,1-2H3,(H,27,28,29)/t19-,20+/m0/s1. The zero-order chi connectivity index (χ0) is 26.2. The van der Waals surface area contributed by atoms with Crippen molar-refractivity contribution in [1.29, 1.82) is 0 Å². The van der Waals surface area contributed by atoms with E-state index in [0.29, 0.717) is 36.4 Å². The predicted octanol–water partition coefficient (Wildman–Crippen LogP) is 1.87. The Bertz CT molecular complexity index is 1360. The molecule has 3 aromatic rings. The fourth-order valence-corrected chi connectivity index (χ4v) is 5.62. The van der Waals surface area contributed by atoms with Crippen molar-refractivity contribution in [3.8, 4) is 11.4 Å². The van der Waals surface area contributed by atoms with E-state index in [-0.39, 0.29) is 23.9 Å². The Balaban J connectivity index is 1.27. The van der Waals surface area contributed by atoms with Gasteiger partial charge in [-0.05, 0) is 67.4 Å². The molecule has 5 heterocycles. The summed E-state index contributed by atoms with van der Waals surface area (Å²) in [6.07, 6.45) is 6.75. The van der Waals surface area contributed by atoms with Gasteiger partial charge in [-0.3, -0.25) is 4.90 Å². The summed E-state index contributed by atoms with van der Waals surface area (Å²) in [6, 6.07) is 5.85. The van der Waals surface area contributed by atoms with Crippen LogP contribution in [-0.4, -0.2) is 86.2 Å². The first-order valence-corrected chi connectivity index (χ1v) is 13.1. The number of aryl methyl sites for hydroxylation is 1. The molecule has 0 bridgehead atoms. The molecule has 0 spiro atoms. The number of anilines is 3. The summed E-state index contributed by atoms with van der Waals surface area (Å²) in [6.45, 7) is 3.18. The summed E-state index contributed by atoms with van der Waals surface area (Å²) in [5.41, 5.74) is 0.591. The Morgan fingerprint density at radius 3 is 2.76 bits per heavy atom. The van der Waals surface area contributed by atoms with Crippen LogP contribution in [0.2, 0.25) is 0 Å². The smallest absolute Gasteiger partial charge is 0.368 e. The zero-order valence-corrected chi connectivity index (χ0v) is 21.6. The molecule has 3 saturated heterocycles. The number of nitrogens with zero attached hydrogens (tertiary/aromatic N) is 8. The second kappa shape index (κ2) is 10.3. The third kappa shape index (κ3) is 4.71. The Morgan fingerprint density at radius 2 is 2.00 bits per heavy atom. The lowest BCUT2D eigenvalue weighted by Crippen LogP contribution is -2.56. The van der Waals surface area contributed by atoms with Crippen molar-refractivity contribution in [2.75, 3.05) is 43.6 Å². The molecule has 3 aliphatic heterocycles. The van der Waals surface area contributed by atoms with E-state index >= 15 is 0 Å². The highest BCUT2D eigenvalue weighted by atomic mass is 19.1. The Morgan fingerprint density at radius 1 is 1.16 bits per heavy atom. The highest BCUT2D eigenvalue weighted by Gasteiger charge is 2.36. The summed E-state index contributed by atoms with van der Waals surface area (Å²) in [5.74, 6) is 0.545. The molecule has 0 radical (unpaired) electrons. The molecule has 2 atom stereocenters. The Labute approximate surface area is 219 Å². The lowest BCUT2D eigenvalue weighted by molar-refractivity contribution is -0.0797. The summed E-state index contributed by atoms with van der Waals surface area (Å²) in [5, 5.41) is 10.9. The molecule has 13 heteroatoms. The van der Waals surface area contributed by atoms with Gasteiger partial charge >= 0.3 is 5.69 Å². The fourth-order valence-electron chi connectivity index (χ4n) is 5.62. The van der Waals surface area contributed by atoms with Crippen LogP contribution in [-0.2, 0) is 11.8 Å². The van der Waals surface area contributed by atoms with Crippen LogP contribution in [0.1, 0.15) is 32.1 Å². The number of rotatable bonds is 7. The molecule has 0 saturated carbocycles. The molecule has 0 amide bonds. The molecule has 202 valence electrons. The molecule has 3 fully saturated rings. The SMILES string of the molecule is CN(c1nc(Nc2ccc(OC3COC3)c(-n3nnn(C)c3=O)c2)ncc1F)[C@H]1CCCN2CCCC[C@H]12. The van der Waals surface area contributed by atoms with Crippen LogP contribution >= 0.6 is 0 Å². The van der Waals surface area contributed by atoms with Gasteiger partial charge in [-0.15, -0.1) is 0 Å². The van der Waals surface area contributed by atoms with Gasteiger partial charge in [-0.25, -0.2) is 14.2 Å². The van der Waals surface area contributed by atoms with Gasteiger partial charge in [0.15, 0.2) is 11.6 Å². The number of benzene rings is 1. The topological polar surface area (TPSA) is 115 Å². The van der Waals surface area contributed by atoms with E-state index in [1.807, 2.05) is 11.9 Å². The summed E-state index contributed by atoms with van der Waals surface area (Å²) >= 11 is 0. The summed E-state index contributed by atoms with van der Waals surface area (Å²) in [4.78, 5) is 25.9. The van der Waals surface area contributed by atoms with Crippen molar-refractivity contribution in [3.63, 3.8) is 0 Å². The second-order valence-corrected chi connectivity index (χ2v) is 10.2. The van der Waals surface area contributed by atoms with Gasteiger partial charge in [-0.1, -0.05) is 6.42 Å². The zero-order valence-electron chi connectivity index (χ0n) is 21.6. The van der Waals surface area contributed by atoms with Crippen molar-refractivity contribution in [3.05, 3.63) is 40.7 Å². The molecule has 6 rings (SSSR count). The van der Waals surface area contributed by atoms with Gasteiger partial charge in [0.05, 0.1) is 19.4 Å². The van der Waals surface area contributed by atoms with Crippen molar-refractivity contribution in [2.45, 2.75) is 50.3 Å². The largest absolute Gasteiger partial charge is 0.483 e. The summed E-state index contributed by atoms with van der Waals surface area (Å²) in [7, 11) is 3.45. The van der Waals surface area contributed by atoms with E-state index in [1.165, 1.54) is 30.8 Å². The van der Waals surface area contributed by atoms with E-state index < -0.39 is 11.5 Å². The van der Waals surface area contributed by atoms with Gasteiger partial charge in [-0.2, -0.15) is 14.3 Å². The number of hydrogen-bond donors (Lipinski definition) is 1. The highest BCUT2D eigenvalue weighted by Crippen LogP contribution is 2.33. The Hall–Kier alpha value is -3.58. The van der Waals surface area contributed by atoms with E-state index in [2.05, 4.69) is 30.6 Å². The van der Waals surface area contributed by atoms with Gasteiger partial charge in [0.25, 0.3) is 0 Å². The summed E-state index contributed by atoms with van der Waals surface area (Å²) < 4.78 is 28.5. The Kier molecular flexibility index (Phi) is 6.70. The van der Waals surface area contributed by atoms with Crippen molar-refractivity contribution < 1.29 is 13.9 Å². The van der Waals surface area contributed by atoms with Crippen molar-refractivity contribution in [1.82, 2.24) is 34.7 Å². The van der Waals surface area contributed by atoms with Crippen LogP contribution in [0.25, 0.3) is 5.69 Å². The number of piperidine rings is 2. The van der Waals surface area contributed by atoms with Crippen molar-refractivity contribution >= 4 is 17.5 Å². The molecule has 1 N–H and O–H groups in total. The van der Waals surface area contributed by atoms with Crippen LogP contribution in [0.4, 0.5) is 21.8 Å². The molecular formula is C25H32FN9O3. The minimum absolute atomic E-state index is 0.0988. The number of fused-ring (bicyclic) bond motifs is 1. The minimum Gasteiger partial charge on any atom is -0.483 e. The van der Waals surface area contributed by atoms with Crippen LogP contribution in [0.3, 0.4) is 0 Å². The minimum atomic E-state index is -0.454. The van der Waals surface area contributed by atoms with E-state index in [9.17, 15) is 9.18 Å². The predicted molar refractivity (Wildman–Crippen MR) is 138 cm³/mol. The third-order valence-corrected chi connectivity index (χ3v) is 7.68. The average Bonchev–Trinajstić information content (AvgIpc) is 3.24. The quantitative estimate of drug-likeness (QED) is 0.490. The molecule has 12 nitrogen and oxygen atoms in total. The molecule has 3 aliphatic rings. The molecular weight excluding hydrogens is 493 g/mol. The molecule has 1 aromatic carbocycles. The number of nitrogens with one attached hydrogen (secondary N) is 1. The lowest BCUT2D eigenvalue weighted by Gasteiger charge is -2.47. The van der Waals surface area contributed by atoms with Crippen LogP contribution < -0.4 is 20.6 Å². The number of likely N-dealkylation sites (N-methyl/N-ethyl adjacent to an activating group) is 1. The molecule has 38 heavy (non-hydrogen) atoms. The van der Waals surface area contributed by atoms with Gasteiger partial charge in [0.2, 0.25) is 5.95 Å². The highest BCUT2D eigenvalue weighted by molar-refractivity contribution is 5.63. The molecule has 0 aliphatic carbocycles. The van der Waals surface area contributed by atoms with E-state index in [4.69, 9.17) is 9.47 Å². The maximum atomic E-state index is 15.0. The van der Waals surface area contributed by atoms with Gasteiger partial charge in [0, 0.05) is 31.9 Å². The second-order valence-electron chi connectivity index (χ2n) is 10.2. The lowest BCUT2D eigenvalue weighted by atomic mass is 9.88. The van der Waals surface area contributed by atoms with Crippen molar-refractivity contribution in [2.24, 2.45) is 7.05 Å². The first kappa shape index (κ1) is 24.7. The number of tetrazole rings is 1. The van der Waals surface area contributed by atoms with E-state index in [1.54, 1.807) is 18.2 Å². The number of hydrogen-bond acceptors (Lipinski definition) is 10. The first-order chi connectivity index (χ1) is 18.5. The normalized spacial score (nSPS) is 22.0. The van der Waals surface area contributed by atoms with Crippen LogP contribution in [0, 0.1) is 5.82 Å². The van der Waals surface area contributed by atoms with E-state index in [0.717, 1.165) is 37.0 Å². The maximum absolute atomic E-state index is 15.0. The molecule has 2 aromatic heterocycles. The van der Waals surface area contributed by atoms with Gasteiger partial charge in [0.1, 0.15) is 17.5 Å². The number of ether oxygens (including phenoxy) is 2. The maximum Gasteiger partial charge on any atom is 0.368 e.